The molecule has 0 rings (SSSR count). The molecule has 16 heavy (non-hydrogen) atoms. The van der Waals surface area contributed by atoms with Crippen LogP contribution in [-0.4, -0.2) is 42.1 Å². The van der Waals surface area contributed by atoms with Gasteiger partial charge < -0.3 is 21.1 Å². The molecule has 0 aromatic rings. The second-order valence-electron chi connectivity index (χ2n) is 3.24. The van der Waals surface area contributed by atoms with Crippen molar-refractivity contribution in [2.75, 3.05) is 13.1 Å². The van der Waals surface area contributed by atoms with Gasteiger partial charge in [0.05, 0.1) is 6.54 Å². The lowest BCUT2D eigenvalue weighted by Gasteiger charge is -2.10. The molecular weight excluding hydrogens is 214 g/mol. The van der Waals surface area contributed by atoms with Crippen LogP contribution < -0.4 is 16.0 Å². The van der Waals surface area contributed by atoms with Gasteiger partial charge in [0.2, 0.25) is 5.91 Å². The Morgan fingerprint density at radius 2 is 1.88 bits per heavy atom. The molecule has 1 atom stereocenters. The number of nitrogens with one attached hydrogen (secondary N) is 3. The summed E-state index contributed by atoms with van der Waals surface area (Å²) in [6, 6.07) is -1.67. The molecule has 7 nitrogen and oxygen atoms in total. The summed E-state index contributed by atoms with van der Waals surface area (Å²) < 4.78 is 0. The average Bonchev–Trinajstić information content (AvgIpc) is 2.23. The summed E-state index contributed by atoms with van der Waals surface area (Å²) in [7, 11) is 0. The molecule has 0 heterocycles. The molecule has 7 heteroatoms. The highest BCUT2D eigenvalue weighted by molar-refractivity contribution is 5.86. The Hall–Kier alpha value is -1.79. The highest BCUT2D eigenvalue weighted by atomic mass is 16.4. The maximum Gasteiger partial charge on any atom is 0.325 e. The van der Waals surface area contributed by atoms with Crippen LogP contribution in [0.5, 0.6) is 0 Å². The smallest absolute Gasteiger partial charge is 0.325 e. The second-order valence-corrected chi connectivity index (χ2v) is 3.24. The first-order valence-corrected chi connectivity index (χ1v) is 5.01. The van der Waals surface area contributed by atoms with Crippen LogP contribution in [0, 0.1) is 0 Å². The zero-order valence-corrected chi connectivity index (χ0v) is 9.37. The van der Waals surface area contributed by atoms with E-state index in [0.29, 0.717) is 6.54 Å². The Morgan fingerprint density at radius 3 is 2.38 bits per heavy atom. The number of urea groups is 1. The molecule has 0 saturated carbocycles. The summed E-state index contributed by atoms with van der Waals surface area (Å²) in [6.45, 7) is 3.62. The molecule has 0 radical (unpaired) electrons. The van der Waals surface area contributed by atoms with Crippen LogP contribution in [0.2, 0.25) is 0 Å². The van der Waals surface area contributed by atoms with Gasteiger partial charge in [-0.15, -0.1) is 0 Å². The third kappa shape index (κ3) is 6.63. The van der Waals surface area contributed by atoms with Crippen molar-refractivity contribution >= 4 is 17.9 Å². The normalized spacial score (nSPS) is 11.4. The Bertz CT molecular complexity index is 267. The number of carbonyl (C=O) groups is 3. The van der Waals surface area contributed by atoms with Gasteiger partial charge in [-0.25, -0.2) is 4.79 Å². The van der Waals surface area contributed by atoms with Crippen molar-refractivity contribution < 1.29 is 19.5 Å². The lowest BCUT2D eigenvalue weighted by atomic mass is 10.3. The lowest BCUT2D eigenvalue weighted by Crippen LogP contribution is -2.47. The first kappa shape index (κ1) is 14.2. The van der Waals surface area contributed by atoms with E-state index >= 15 is 0 Å². The van der Waals surface area contributed by atoms with Crippen LogP contribution in [-0.2, 0) is 9.59 Å². The molecule has 0 fully saturated rings. The van der Waals surface area contributed by atoms with E-state index in [-0.39, 0.29) is 12.5 Å². The highest BCUT2D eigenvalue weighted by Gasteiger charge is 2.13. The molecular formula is C9H17N3O4. The van der Waals surface area contributed by atoms with Crippen LogP contribution in [0.4, 0.5) is 4.79 Å². The molecule has 0 spiro atoms. The molecule has 92 valence electrons. The largest absolute Gasteiger partial charge is 0.480 e. The Balaban J connectivity index is 3.73. The number of rotatable bonds is 6. The van der Waals surface area contributed by atoms with Gasteiger partial charge in [0.1, 0.15) is 6.04 Å². The Kier molecular flexibility index (Phi) is 6.66. The fraction of sp³-hybridized carbons (Fsp3) is 0.667. The van der Waals surface area contributed by atoms with E-state index in [1.807, 2.05) is 6.92 Å². The summed E-state index contributed by atoms with van der Waals surface area (Å²) in [5, 5.41) is 15.5. The number of amides is 3. The van der Waals surface area contributed by atoms with E-state index < -0.39 is 18.0 Å². The van der Waals surface area contributed by atoms with E-state index in [4.69, 9.17) is 5.11 Å². The van der Waals surface area contributed by atoms with Crippen molar-refractivity contribution in [3.05, 3.63) is 0 Å². The van der Waals surface area contributed by atoms with Crippen molar-refractivity contribution in [3.63, 3.8) is 0 Å². The number of carboxylic acids is 1. The molecule has 1 unspecified atom stereocenters. The number of hydrogen-bond donors (Lipinski definition) is 4. The van der Waals surface area contributed by atoms with Crippen molar-refractivity contribution in [1.29, 1.82) is 0 Å². The summed E-state index contributed by atoms with van der Waals surface area (Å²) in [4.78, 5) is 32.5. The molecule has 0 aromatic heterocycles. The third-order valence-corrected chi connectivity index (χ3v) is 1.70. The van der Waals surface area contributed by atoms with Gasteiger partial charge in [0.25, 0.3) is 0 Å². The summed E-state index contributed by atoms with van der Waals surface area (Å²) in [6.07, 6.45) is 0.813. The third-order valence-electron chi connectivity index (χ3n) is 1.70. The van der Waals surface area contributed by atoms with E-state index in [9.17, 15) is 14.4 Å². The van der Waals surface area contributed by atoms with Crippen LogP contribution in [0.1, 0.15) is 20.3 Å². The number of carboxylic acid groups (broad SMARTS) is 1. The van der Waals surface area contributed by atoms with Crippen molar-refractivity contribution in [2.24, 2.45) is 0 Å². The fourth-order valence-electron chi connectivity index (χ4n) is 0.797. The second kappa shape index (κ2) is 7.49. The standard InChI is InChI=1S/C9H17N3O4/c1-3-4-10-7(13)5-11-9(16)12-6(2)8(14)15/h6H,3-5H2,1-2H3,(H,10,13)(H,14,15)(H2,11,12,16). The summed E-state index contributed by atoms with van der Waals surface area (Å²) in [5.41, 5.74) is 0. The van der Waals surface area contributed by atoms with Gasteiger partial charge in [0.15, 0.2) is 0 Å². The number of aliphatic carboxylic acids is 1. The van der Waals surface area contributed by atoms with Crippen LogP contribution >= 0.6 is 0 Å². The molecule has 4 N–H and O–H groups in total. The molecule has 3 amide bonds. The quantitative estimate of drug-likeness (QED) is 0.484. The molecule has 0 aliphatic carbocycles. The first-order chi connectivity index (χ1) is 7.47. The van der Waals surface area contributed by atoms with Gasteiger partial charge in [-0.2, -0.15) is 0 Å². The Morgan fingerprint density at radius 1 is 1.25 bits per heavy atom. The predicted octanol–water partition coefficient (Wildman–Crippen LogP) is -0.715. The molecule has 0 aromatic carbocycles. The summed E-state index contributed by atoms with van der Waals surface area (Å²) in [5.74, 6) is -1.44. The van der Waals surface area contributed by atoms with Crippen LogP contribution in [0.15, 0.2) is 0 Å². The number of hydrogen-bond acceptors (Lipinski definition) is 3. The minimum absolute atomic E-state index is 0.168. The van der Waals surface area contributed by atoms with Crippen molar-refractivity contribution in [3.8, 4) is 0 Å². The lowest BCUT2D eigenvalue weighted by molar-refractivity contribution is -0.138. The predicted molar refractivity (Wildman–Crippen MR) is 56.9 cm³/mol. The average molecular weight is 231 g/mol. The maximum absolute atomic E-state index is 11.1. The van der Waals surface area contributed by atoms with Crippen LogP contribution in [0.3, 0.4) is 0 Å². The van der Waals surface area contributed by atoms with Gasteiger partial charge in [-0.05, 0) is 13.3 Å². The van der Waals surface area contributed by atoms with Gasteiger partial charge in [-0.3, -0.25) is 9.59 Å². The first-order valence-electron chi connectivity index (χ1n) is 5.01. The van der Waals surface area contributed by atoms with Gasteiger partial charge in [0, 0.05) is 6.54 Å². The van der Waals surface area contributed by atoms with Crippen molar-refractivity contribution in [2.45, 2.75) is 26.3 Å². The zero-order valence-electron chi connectivity index (χ0n) is 9.37. The van der Waals surface area contributed by atoms with E-state index in [1.54, 1.807) is 0 Å². The van der Waals surface area contributed by atoms with E-state index in [1.165, 1.54) is 6.92 Å². The van der Waals surface area contributed by atoms with Gasteiger partial charge in [-0.1, -0.05) is 6.92 Å². The van der Waals surface area contributed by atoms with Gasteiger partial charge >= 0.3 is 12.0 Å². The molecule has 0 bridgehead atoms. The minimum atomic E-state index is -1.13. The highest BCUT2D eigenvalue weighted by Crippen LogP contribution is 1.80. The fourth-order valence-corrected chi connectivity index (χ4v) is 0.797. The van der Waals surface area contributed by atoms with Crippen molar-refractivity contribution in [1.82, 2.24) is 16.0 Å². The molecule has 0 saturated heterocycles. The summed E-state index contributed by atoms with van der Waals surface area (Å²) >= 11 is 0. The zero-order chi connectivity index (χ0) is 12.6. The van der Waals surface area contributed by atoms with E-state index in [2.05, 4.69) is 16.0 Å². The SMILES string of the molecule is CCCNC(=O)CNC(=O)NC(C)C(=O)O. The number of carbonyl (C=O) groups excluding carboxylic acids is 2. The van der Waals surface area contributed by atoms with Crippen LogP contribution in [0.25, 0.3) is 0 Å². The molecule has 0 aliphatic rings. The maximum atomic E-state index is 11.1. The monoisotopic (exact) mass is 231 g/mol. The van der Waals surface area contributed by atoms with E-state index in [0.717, 1.165) is 6.42 Å². The topological polar surface area (TPSA) is 108 Å². The minimum Gasteiger partial charge on any atom is -0.480 e. The Labute approximate surface area is 93.6 Å². The molecule has 0 aliphatic heterocycles.